The highest BCUT2D eigenvalue weighted by Crippen LogP contribution is 2.19. The van der Waals surface area contributed by atoms with Gasteiger partial charge in [0.05, 0.1) is 26.2 Å². The summed E-state index contributed by atoms with van der Waals surface area (Å²) in [6.45, 7) is 13.7. The smallest absolute Gasteiger partial charge is 0.223 e. The van der Waals surface area contributed by atoms with Crippen LogP contribution in [0.25, 0.3) is 11.6 Å². The average molecular weight is 683 g/mol. The van der Waals surface area contributed by atoms with Crippen LogP contribution in [0.5, 0.6) is 0 Å². The quantitative estimate of drug-likeness (QED) is 0.0503. The van der Waals surface area contributed by atoms with Crippen molar-refractivity contribution in [1.82, 2.24) is 9.13 Å². The number of rotatable bonds is 36. The molecule has 0 aromatic carbocycles. The fraction of sp³-hybridized carbons (Fsp3) is 0.867. The minimum absolute atomic E-state index is 1.09. The van der Waals surface area contributed by atoms with E-state index in [1.165, 1.54) is 211 Å². The number of hydrogen-bond donors (Lipinski definition) is 0. The normalized spacial score (nSPS) is 11.7. The zero-order chi connectivity index (χ0) is 35.0. The molecule has 0 saturated carbocycles. The lowest BCUT2D eigenvalue weighted by Gasteiger charge is -2.07. The Balaban J connectivity index is 1.72. The topological polar surface area (TPSA) is 17.6 Å². The van der Waals surface area contributed by atoms with E-state index < -0.39 is 0 Å². The van der Waals surface area contributed by atoms with Crippen LogP contribution in [0.3, 0.4) is 0 Å². The van der Waals surface area contributed by atoms with Gasteiger partial charge in [0.2, 0.25) is 0 Å². The highest BCUT2D eigenvalue weighted by atomic mass is 15.2. The predicted molar refractivity (Wildman–Crippen MR) is 214 cm³/mol. The Labute approximate surface area is 306 Å². The molecule has 0 aliphatic rings. The molecular formula is C45H86N4+2. The lowest BCUT2D eigenvalue weighted by molar-refractivity contribution is -0.715. The average Bonchev–Trinajstić information content (AvgIpc) is 3.69. The Kier molecular flexibility index (Phi) is 27.7. The van der Waals surface area contributed by atoms with Gasteiger partial charge in [0, 0.05) is 0 Å². The van der Waals surface area contributed by atoms with E-state index in [-0.39, 0.29) is 0 Å². The molecule has 0 radical (unpaired) electrons. The van der Waals surface area contributed by atoms with Crippen molar-refractivity contribution in [3.8, 4) is 11.6 Å². The van der Waals surface area contributed by atoms with E-state index in [0.717, 1.165) is 26.2 Å². The van der Waals surface area contributed by atoms with Crippen molar-refractivity contribution in [1.29, 1.82) is 0 Å². The molecule has 0 bridgehead atoms. The molecule has 2 aromatic heterocycles. The second-order valence-corrected chi connectivity index (χ2v) is 15.6. The van der Waals surface area contributed by atoms with Gasteiger partial charge in [-0.1, -0.05) is 188 Å². The number of aryl methyl sites for hydroxylation is 4. The van der Waals surface area contributed by atoms with Crippen molar-refractivity contribution in [3.63, 3.8) is 0 Å². The van der Waals surface area contributed by atoms with Crippen molar-refractivity contribution in [2.24, 2.45) is 0 Å². The molecule has 0 aliphatic carbocycles. The summed E-state index contributed by atoms with van der Waals surface area (Å²) in [6, 6.07) is 0. The first-order valence-electron chi connectivity index (χ1n) is 22.4. The van der Waals surface area contributed by atoms with Gasteiger partial charge in [-0.05, 0) is 38.5 Å². The Morgan fingerprint density at radius 3 is 0.816 bits per heavy atom. The van der Waals surface area contributed by atoms with Gasteiger partial charge >= 0.3 is 11.6 Å². The van der Waals surface area contributed by atoms with E-state index in [1.807, 2.05) is 0 Å². The second kappa shape index (κ2) is 31.2. The van der Waals surface area contributed by atoms with E-state index in [9.17, 15) is 0 Å². The van der Waals surface area contributed by atoms with Crippen LogP contribution in [0.2, 0.25) is 0 Å². The molecule has 4 nitrogen and oxygen atoms in total. The Morgan fingerprint density at radius 2 is 0.571 bits per heavy atom. The van der Waals surface area contributed by atoms with Gasteiger partial charge in [-0.15, -0.1) is 0 Å². The molecule has 49 heavy (non-hydrogen) atoms. The summed E-state index contributed by atoms with van der Waals surface area (Å²) in [5.41, 5.74) is 0. The van der Waals surface area contributed by atoms with Gasteiger partial charge in [0.15, 0.2) is 0 Å². The summed E-state index contributed by atoms with van der Waals surface area (Å²) >= 11 is 0. The lowest BCUT2D eigenvalue weighted by Crippen LogP contribution is -2.42. The Hall–Kier alpha value is -1.58. The molecule has 4 heteroatoms. The molecule has 0 spiro atoms. The van der Waals surface area contributed by atoms with Gasteiger partial charge in [-0.2, -0.15) is 0 Å². The number of aromatic nitrogens is 4. The van der Waals surface area contributed by atoms with Crippen molar-refractivity contribution in [3.05, 3.63) is 24.8 Å². The zero-order valence-electron chi connectivity index (χ0n) is 33.8. The van der Waals surface area contributed by atoms with Gasteiger partial charge < -0.3 is 0 Å². The fourth-order valence-electron chi connectivity index (χ4n) is 7.78. The summed E-state index contributed by atoms with van der Waals surface area (Å²) in [5.74, 6) is 2.85. The van der Waals surface area contributed by atoms with Crippen LogP contribution in [-0.4, -0.2) is 9.13 Å². The van der Waals surface area contributed by atoms with Crippen molar-refractivity contribution in [2.45, 2.75) is 253 Å². The van der Waals surface area contributed by atoms with Crippen LogP contribution in [0.15, 0.2) is 24.8 Å². The Bertz CT molecular complexity index is 988. The van der Waals surface area contributed by atoms with E-state index in [4.69, 9.17) is 0 Å². The predicted octanol–water partition coefficient (Wildman–Crippen LogP) is 13.7. The lowest BCUT2D eigenvalue weighted by atomic mass is 10.0. The van der Waals surface area contributed by atoms with Crippen LogP contribution < -0.4 is 9.13 Å². The molecule has 2 heterocycles. The molecule has 0 saturated heterocycles. The molecular weight excluding hydrogens is 597 g/mol. The second-order valence-electron chi connectivity index (χ2n) is 15.6. The summed E-state index contributed by atoms with van der Waals surface area (Å²) in [6.07, 6.45) is 53.0. The van der Waals surface area contributed by atoms with Crippen LogP contribution in [0.4, 0.5) is 0 Å². The van der Waals surface area contributed by atoms with E-state index in [1.54, 1.807) is 0 Å². The molecule has 0 unspecified atom stereocenters. The minimum atomic E-state index is 1.09. The number of nitrogens with zero attached hydrogens (tertiary/aromatic N) is 4. The third-order valence-corrected chi connectivity index (χ3v) is 10.8. The minimum Gasteiger partial charge on any atom is -0.223 e. The van der Waals surface area contributed by atoms with E-state index >= 15 is 0 Å². The SMILES string of the molecule is CCCCCCCCCCCCCCCCCn1cc[n+](CCC)c1-c1n(CCCCCCCCCCCCCCCC)cc[n+]1CCC. The molecule has 0 N–H and O–H groups in total. The maximum absolute atomic E-state index is 2.58. The molecule has 0 atom stereocenters. The third kappa shape index (κ3) is 20.2. The summed E-state index contributed by atoms with van der Waals surface area (Å²) < 4.78 is 10.2. The van der Waals surface area contributed by atoms with Gasteiger partial charge in [-0.25, -0.2) is 18.3 Å². The largest absolute Gasteiger partial charge is 0.373 e. The van der Waals surface area contributed by atoms with Crippen molar-refractivity contribution < 1.29 is 9.13 Å². The molecule has 2 aromatic rings. The summed E-state index contributed by atoms with van der Waals surface area (Å²) in [5, 5.41) is 0. The summed E-state index contributed by atoms with van der Waals surface area (Å²) in [4.78, 5) is 0. The standard InChI is InChI=1S/C45H86N4/c1-5-9-11-13-15-17-19-21-23-25-27-29-31-33-35-39-49-43-41-47(37-8-4)45(49)44-46(36-7-3)40-42-48(44)38-34-32-30-28-26-24-22-20-18-16-14-12-10-6-2/h40-43H,5-39H2,1-4H3/q+2. The van der Waals surface area contributed by atoms with E-state index in [2.05, 4.69) is 70.8 Å². The van der Waals surface area contributed by atoms with Crippen molar-refractivity contribution >= 4 is 0 Å². The molecule has 0 amide bonds. The van der Waals surface area contributed by atoms with E-state index in [0.29, 0.717) is 0 Å². The van der Waals surface area contributed by atoms with Gasteiger partial charge in [0.25, 0.3) is 0 Å². The summed E-state index contributed by atoms with van der Waals surface area (Å²) in [7, 11) is 0. The first-order valence-corrected chi connectivity index (χ1v) is 22.4. The monoisotopic (exact) mass is 683 g/mol. The first kappa shape index (κ1) is 43.6. The maximum Gasteiger partial charge on any atom is 0.373 e. The number of hydrogen-bond acceptors (Lipinski definition) is 0. The third-order valence-electron chi connectivity index (χ3n) is 10.8. The zero-order valence-corrected chi connectivity index (χ0v) is 33.8. The Morgan fingerprint density at radius 1 is 0.327 bits per heavy atom. The molecule has 284 valence electrons. The maximum atomic E-state index is 2.58. The number of imidazole rings is 2. The molecule has 0 fully saturated rings. The van der Waals surface area contributed by atoms with Crippen LogP contribution >= 0.6 is 0 Å². The van der Waals surface area contributed by atoms with Crippen LogP contribution in [0.1, 0.15) is 227 Å². The van der Waals surface area contributed by atoms with Crippen LogP contribution in [0, 0.1) is 0 Å². The molecule has 2 rings (SSSR count). The van der Waals surface area contributed by atoms with Gasteiger partial charge in [-0.3, -0.25) is 0 Å². The van der Waals surface area contributed by atoms with Gasteiger partial charge in [0.1, 0.15) is 24.8 Å². The first-order chi connectivity index (χ1) is 24.3. The fourth-order valence-corrected chi connectivity index (χ4v) is 7.78. The highest BCUT2D eigenvalue weighted by Gasteiger charge is 2.32. The van der Waals surface area contributed by atoms with Crippen molar-refractivity contribution in [2.75, 3.05) is 0 Å². The number of unbranched alkanes of at least 4 members (excludes halogenated alkanes) is 27. The molecule has 0 aliphatic heterocycles. The highest BCUT2D eigenvalue weighted by molar-refractivity contribution is 5.36. The van der Waals surface area contributed by atoms with Crippen LogP contribution in [-0.2, 0) is 26.2 Å².